The first kappa shape index (κ1) is 27.0. The van der Waals surface area contributed by atoms with Gasteiger partial charge in [0.1, 0.15) is 0 Å². The molecule has 0 saturated heterocycles. The van der Waals surface area contributed by atoms with Crippen LogP contribution in [-0.2, 0) is 31.9 Å². The lowest BCUT2D eigenvalue weighted by atomic mass is 9.97. The molecular weight excluding hydrogens is 432 g/mol. The summed E-state index contributed by atoms with van der Waals surface area (Å²) in [4.78, 5) is 23.5. The van der Waals surface area contributed by atoms with E-state index in [1.807, 2.05) is 6.07 Å². The molecule has 0 aliphatic carbocycles. The molecule has 180 valence electrons. The lowest BCUT2D eigenvalue weighted by Crippen LogP contribution is -2.10. The number of hydrogen-bond acceptors (Lipinski definition) is 5. The van der Waals surface area contributed by atoms with Gasteiger partial charge in [-0.1, -0.05) is 80.3 Å². The average molecular weight is 471 g/mol. The minimum absolute atomic E-state index is 0.0173. The monoisotopic (exact) mass is 470 g/mol. The Balaban J connectivity index is 1.78. The standard InChI is InChI=1S/C28H38O4S/c1-31-27(29)20-21-33-26(22-28(30)32-2)25-19-13-12-18-24(25)17-11-6-4-3-5-8-14-23-15-9-7-10-16-23/h7,9-10,12-13,15-16,18-19,26H,3-6,8,11,14,17,20-22H2,1-2H3/t26-/m0/s1. The summed E-state index contributed by atoms with van der Waals surface area (Å²) in [6, 6.07) is 19.1. The fourth-order valence-electron chi connectivity index (χ4n) is 3.95. The number of thioether (sulfide) groups is 1. The maximum absolute atomic E-state index is 12.0. The van der Waals surface area contributed by atoms with Gasteiger partial charge in [0.2, 0.25) is 0 Å². The number of ether oxygens (including phenoxy) is 2. The summed E-state index contributed by atoms with van der Waals surface area (Å²) in [6.45, 7) is 0. The van der Waals surface area contributed by atoms with E-state index in [0.717, 1.165) is 12.8 Å². The molecule has 0 radical (unpaired) electrons. The first-order valence-corrected chi connectivity index (χ1v) is 13.1. The van der Waals surface area contributed by atoms with Crippen molar-refractivity contribution in [2.24, 2.45) is 0 Å². The second-order valence-corrected chi connectivity index (χ2v) is 9.58. The number of carbonyl (C=O) groups excluding carboxylic acids is 2. The SMILES string of the molecule is COC(=O)CCS[C@@H](CC(=O)OC)c1ccccc1CCCCCCCCc1ccccc1. The van der Waals surface area contributed by atoms with Gasteiger partial charge in [0, 0.05) is 11.0 Å². The molecule has 1 atom stereocenters. The first-order chi connectivity index (χ1) is 16.1. The van der Waals surface area contributed by atoms with Gasteiger partial charge in [0.25, 0.3) is 0 Å². The lowest BCUT2D eigenvalue weighted by Gasteiger charge is -2.19. The zero-order chi connectivity index (χ0) is 23.7. The van der Waals surface area contributed by atoms with E-state index in [0.29, 0.717) is 18.6 Å². The van der Waals surface area contributed by atoms with Gasteiger partial charge in [0.05, 0.1) is 27.1 Å². The van der Waals surface area contributed by atoms with E-state index >= 15 is 0 Å². The summed E-state index contributed by atoms with van der Waals surface area (Å²) in [7, 11) is 2.82. The van der Waals surface area contributed by atoms with Gasteiger partial charge in [-0.05, 0) is 42.4 Å². The Bertz CT molecular complexity index is 822. The summed E-state index contributed by atoms with van der Waals surface area (Å²) < 4.78 is 9.66. The number of rotatable bonds is 16. The highest BCUT2D eigenvalue weighted by atomic mass is 32.2. The zero-order valence-electron chi connectivity index (χ0n) is 20.1. The summed E-state index contributed by atoms with van der Waals surface area (Å²) in [5.41, 5.74) is 3.90. The third-order valence-corrected chi connectivity index (χ3v) is 7.10. The Morgan fingerprint density at radius 2 is 1.36 bits per heavy atom. The van der Waals surface area contributed by atoms with Crippen molar-refractivity contribution in [2.75, 3.05) is 20.0 Å². The second kappa shape index (κ2) is 16.4. The van der Waals surface area contributed by atoms with Crippen molar-refractivity contribution in [3.05, 3.63) is 71.3 Å². The third kappa shape index (κ3) is 10.9. The Kier molecular flexibility index (Phi) is 13.4. The molecular formula is C28H38O4S. The molecule has 0 aliphatic heterocycles. The fraction of sp³-hybridized carbons (Fsp3) is 0.500. The van der Waals surface area contributed by atoms with E-state index in [4.69, 9.17) is 9.47 Å². The Labute approximate surface area is 203 Å². The third-order valence-electron chi connectivity index (χ3n) is 5.84. The fourth-order valence-corrected chi connectivity index (χ4v) is 5.18. The number of hydrogen-bond donors (Lipinski definition) is 0. The molecule has 2 aromatic rings. The van der Waals surface area contributed by atoms with Crippen LogP contribution in [-0.4, -0.2) is 31.9 Å². The van der Waals surface area contributed by atoms with E-state index in [1.54, 1.807) is 11.8 Å². The van der Waals surface area contributed by atoms with Crippen LogP contribution in [0.4, 0.5) is 0 Å². The highest BCUT2D eigenvalue weighted by Gasteiger charge is 2.20. The molecule has 5 heteroatoms. The van der Waals surface area contributed by atoms with Gasteiger partial charge < -0.3 is 9.47 Å². The van der Waals surface area contributed by atoms with Gasteiger partial charge in [-0.3, -0.25) is 9.59 Å². The van der Waals surface area contributed by atoms with Crippen LogP contribution in [0.15, 0.2) is 54.6 Å². The Hall–Kier alpha value is -2.27. The molecule has 0 saturated carbocycles. The van der Waals surface area contributed by atoms with Crippen LogP contribution in [0.2, 0.25) is 0 Å². The van der Waals surface area contributed by atoms with Crippen LogP contribution in [0.1, 0.15) is 73.3 Å². The van der Waals surface area contributed by atoms with Crippen molar-refractivity contribution >= 4 is 23.7 Å². The predicted octanol–water partition coefficient (Wildman–Crippen LogP) is 6.71. The smallest absolute Gasteiger partial charge is 0.306 e. The number of carbonyl (C=O) groups is 2. The largest absolute Gasteiger partial charge is 0.469 e. The number of benzene rings is 2. The van der Waals surface area contributed by atoms with Crippen molar-refractivity contribution < 1.29 is 19.1 Å². The van der Waals surface area contributed by atoms with Gasteiger partial charge in [-0.25, -0.2) is 0 Å². The number of aryl methyl sites for hydroxylation is 2. The predicted molar refractivity (Wildman–Crippen MR) is 136 cm³/mol. The van der Waals surface area contributed by atoms with Crippen LogP contribution in [0.25, 0.3) is 0 Å². The Morgan fingerprint density at radius 3 is 2.06 bits per heavy atom. The summed E-state index contributed by atoms with van der Waals surface area (Å²) in [5.74, 6) is 0.165. The normalized spacial score (nSPS) is 11.7. The molecule has 33 heavy (non-hydrogen) atoms. The summed E-state index contributed by atoms with van der Waals surface area (Å²) in [6.07, 6.45) is 10.3. The van der Waals surface area contributed by atoms with Crippen LogP contribution >= 0.6 is 11.8 Å². The van der Waals surface area contributed by atoms with E-state index in [9.17, 15) is 9.59 Å². The quantitative estimate of drug-likeness (QED) is 0.201. The van der Waals surface area contributed by atoms with Crippen LogP contribution < -0.4 is 0 Å². The lowest BCUT2D eigenvalue weighted by molar-refractivity contribution is -0.141. The van der Waals surface area contributed by atoms with Crippen molar-refractivity contribution in [2.45, 2.75) is 69.5 Å². The summed E-state index contributed by atoms with van der Waals surface area (Å²) >= 11 is 1.63. The molecule has 0 aromatic heterocycles. The van der Waals surface area contributed by atoms with Crippen molar-refractivity contribution in [3.8, 4) is 0 Å². The maximum Gasteiger partial charge on any atom is 0.306 e. The molecule has 2 rings (SSSR count). The minimum atomic E-state index is -0.226. The number of methoxy groups -OCH3 is 2. The van der Waals surface area contributed by atoms with Crippen LogP contribution in [0.3, 0.4) is 0 Å². The van der Waals surface area contributed by atoms with Gasteiger partial charge in [-0.15, -0.1) is 0 Å². The molecule has 0 aliphatic rings. The molecule has 0 bridgehead atoms. The van der Waals surface area contributed by atoms with E-state index in [2.05, 4.69) is 48.5 Å². The molecule has 0 heterocycles. The topological polar surface area (TPSA) is 52.6 Å². The number of unbranched alkanes of at least 4 members (excludes halogenated alkanes) is 5. The average Bonchev–Trinajstić information content (AvgIpc) is 2.85. The first-order valence-electron chi connectivity index (χ1n) is 12.0. The number of esters is 2. The van der Waals surface area contributed by atoms with Crippen LogP contribution in [0.5, 0.6) is 0 Å². The van der Waals surface area contributed by atoms with E-state index in [1.165, 1.54) is 69.4 Å². The Morgan fingerprint density at radius 1 is 0.758 bits per heavy atom. The molecule has 2 aromatic carbocycles. The zero-order valence-corrected chi connectivity index (χ0v) is 20.9. The molecule has 0 N–H and O–H groups in total. The highest BCUT2D eigenvalue weighted by Crippen LogP contribution is 2.35. The van der Waals surface area contributed by atoms with Crippen molar-refractivity contribution in [3.63, 3.8) is 0 Å². The van der Waals surface area contributed by atoms with Gasteiger partial charge in [-0.2, -0.15) is 11.8 Å². The van der Waals surface area contributed by atoms with Crippen LogP contribution in [0, 0.1) is 0 Å². The molecule has 4 nitrogen and oxygen atoms in total. The highest BCUT2D eigenvalue weighted by molar-refractivity contribution is 7.99. The molecule has 0 fully saturated rings. The molecule has 0 amide bonds. The summed E-state index contributed by atoms with van der Waals surface area (Å²) in [5, 5.41) is -0.0173. The van der Waals surface area contributed by atoms with E-state index in [-0.39, 0.29) is 17.2 Å². The molecule has 0 unspecified atom stereocenters. The maximum atomic E-state index is 12.0. The van der Waals surface area contributed by atoms with Gasteiger partial charge >= 0.3 is 11.9 Å². The van der Waals surface area contributed by atoms with Crippen molar-refractivity contribution in [1.29, 1.82) is 0 Å². The van der Waals surface area contributed by atoms with Gasteiger partial charge in [0.15, 0.2) is 0 Å². The van der Waals surface area contributed by atoms with Crippen molar-refractivity contribution in [1.82, 2.24) is 0 Å². The molecule has 0 spiro atoms. The van der Waals surface area contributed by atoms with E-state index < -0.39 is 0 Å². The minimum Gasteiger partial charge on any atom is -0.469 e. The second-order valence-electron chi connectivity index (χ2n) is 8.27.